The highest BCUT2D eigenvalue weighted by molar-refractivity contribution is 6.34. The van der Waals surface area contributed by atoms with E-state index in [9.17, 15) is 15.0 Å². The number of hydrogen-bond donors (Lipinski definition) is 2. The second-order valence-electron chi connectivity index (χ2n) is 4.39. The quantitative estimate of drug-likeness (QED) is 0.734. The number of carbonyl (C=O) groups excluding carboxylic acids is 1. The zero-order valence-electron chi connectivity index (χ0n) is 8.87. The topological polar surface area (TPSA) is 66.8 Å². The van der Waals surface area contributed by atoms with E-state index in [1.807, 2.05) is 0 Å². The third-order valence-electron chi connectivity index (χ3n) is 2.42. The Morgan fingerprint density at radius 2 is 2.00 bits per heavy atom. The van der Waals surface area contributed by atoms with Crippen molar-refractivity contribution in [2.45, 2.75) is 25.9 Å². The summed E-state index contributed by atoms with van der Waals surface area (Å²) in [5, 5.41) is 19.0. The average Bonchev–Trinajstić information content (AvgIpc) is 2.11. The lowest BCUT2D eigenvalue weighted by Gasteiger charge is -2.32. The molecule has 1 aromatic rings. The zero-order chi connectivity index (χ0) is 12.1. The van der Waals surface area contributed by atoms with Gasteiger partial charge in [0.2, 0.25) is 0 Å². The van der Waals surface area contributed by atoms with E-state index in [0.717, 1.165) is 6.07 Å². The number of rotatable bonds is 0. The van der Waals surface area contributed by atoms with Crippen LogP contribution in [0.25, 0.3) is 0 Å². The van der Waals surface area contributed by atoms with Crippen molar-refractivity contribution in [1.82, 2.24) is 0 Å². The number of ether oxygens (including phenoxy) is 1. The van der Waals surface area contributed by atoms with Gasteiger partial charge in [-0.1, -0.05) is 11.6 Å². The molecule has 0 saturated heterocycles. The lowest BCUT2D eigenvalue weighted by Crippen LogP contribution is -2.36. The fourth-order valence-corrected chi connectivity index (χ4v) is 1.95. The summed E-state index contributed by atoms with van der Waals surface area (Å²) in [6.45, 7) is 3.48. The number of fused-ring (bicyclic) bond motifs is 1. The van der Waals surface area contributed by atoms with Crippen molar-refractivity contribution < 1.29 is 19.7 Å². The monoisotopic (exact) mass is 242 g/mol. The van der Waals surface area contributed by atoms with Crippen LogP contribution in [-0.2, 0) is 0 Å². The van der Waals surface area contributed by atoms with Gasteiger partial charge in [0.15, 0.2) is 11.5 Å². The minimum atomic E-state index is -0.687. The smallest absolute Gasteiger partial charge is 0.174 e. The van der Waals surface area contributed by atoms with Crippen molar-refractivity contribution in [2.75, 3.05) is 0 Å². The van der Waals surface area contributed by atoms with Gasteiger partial charge in [-0.25, -0.2) is 0 Å². The molecule has 0 atom stereocenters. The Labute approximate surface area is 97.4 Å². The first kappa shape index (κ1) is 11.1. The van der Waals surface area contributed by atoms with Gasteiger partial charge < -0.3 is 14.9 Å². The standard InChI is InChI=1S/C11H11ClO4/c1-11(2)4-7(15)8-5(13)3-6(14)9(12)10(8)16-11/h3,13-14H,4H2,1-2H3. The molecule has 1 aliphatic rings. The molecule has 1 aromatic carbocycles. The molecule has 0 amide bonds. The van der Waals surface area contributed by atoms with Crippen molar-refractivity contribution in [3.8, 4) is 17.2 Å². The molecule has 2 N–H and O–H groups in total. The summed E-state index contributed by atoms with van der Waals surface area (Å²) < 4.78 is 5.51. The molecular weight excluding hydrogens is 232 g/mol. The third-order valence-corrected chi connectivity index (χ3v) is 2.79. The zero-order valence-corrected chi connectivity index (χ0v) is 9.63. The number of ketones is 1. The van der Waals surface area contributed by atoms with Gasteiger partial charge >= 0.3 is 0 Å². The largest absolute Gasteiger partial charge is 0.507 e. The van der Waals surface area contributed by atoms with Crippen LogP contribution in [0.2, 0.25) is 5.02 Å². The second-order valence-corrected chi connectivity index (χ2v) is 4.77. The molecule has 0 spiro atoms. The van der Waals surface area contributed by atoms with Crippen LogP contribution in [0.5, 0.6) is 17.2 Å². The van der Waals surface area contributed by atoms with Crippen LogP contribution in [0.15, 0.2) is 6.07 Å². The van der Waals surface area contributed by atoms with E-state index in [4.69, 9.17) is 16.3 Å². The molecule has 0 fully saturated rings. The lowest BCUT2D eigenvalue weighted by atomic mass is 9.92. The normalized spacial score (nSPS) is 17.8. The first-order valence-corrected chi connectivity index (χ1v) is 5.16. The number of phenols is 2. The van der Waals surface area contributed by atoms with E-state index in [0.29, 0.717) is 0 Å². The third kappa shape index (κ3) is 1.59. The van der Waals surface area contributed by atoms with E-state index in [2.05, 4.69) is 0 Å². The van der Waals surface area contributed by atoms with Crippen LogP contribution in [0, 0.1) is 0 Å². The first-order valence-electron chi connectivity index (χ1n) is 4.78. The van der Waals surface area contributed by atoms with Gasteiger partial charge in [0, 0.05) is 6.07 Å². The van der Waals surface area contributed by atoms with Crippen molar-refractivity contribution in [1.29, 1.82) is 0 Å². The Bertz CT molecular complexity index is 479. The molecule has 0 bridgehead atoms. The van der Waals surface area contributed by atoms with Gasteiger partial charge in [0.05, 0.1) is 6.42 Å². The second kappa shape index (κ2) is 3.28. The molecule has 2 rings (SSSR count). The molecule has 0 saturated carbocycles. The maximum Gasteiger partial charge on any atom is 0.174 e. The summed E-state index contributed by atoms with van der Waals surface area (Å²) in [6.07, 6.45) is 0.161. The van der Waals surface area contributed by atoms with Gasteiger partial charge in [-0.15, -0.1) is 0 Å². The number of benzene rings is 1. The number of Topliss-reactive ketones (excluding diaryl/α,β-unsaturated/α-hetero) is 1. The maximum atomic E-state index is 11.8. The van der Waals surface area contributed by atoms with Crippen LogP contribution >= 0.6 is 11.6 Å². The van der Waals surface area contributed by atoms with Gasteiger partial charge in [0.25, 0.3) is 0 Å². The minimum Gasteiger partial charge on any atom is -0.507 e. The number of halogens is 1. The van der Waals surface area contributed by atoms with Crippen molar-refractivity contribution in [3.63, 3.8) is 0 Å². The summed E-state index contributed by atoms with van der Waals surface area (Å²) in [4.78, 5) is 11.8. The van der Waals surface area contributed by atoms with Gasteiger partial charge in [-0.2, -0.15) is 0 Å². The van der Waals surface area contributed by atoms with E-state index >= 15 is 0 Å². The van der Waals surface area contributed by atoms with Crippen molar-refractivity contribution >= 4 is 17.4 Å². The molecule has 1 aliphatic heterocycles. The Hall–Kier alpha value is -1.42. The number of carbonyl (C=O) groups is 1. The minimum absolute atomic E-state index is 0.0436. The molecule has 0 radical (unpaired) electrons. The van der Waals surface area contributed by atoms with Gasteiger partial charge in [-0.3, -0.25) is 4.79 Å². The van der Waals surface area contributed by atoms with Crippen LogP contribution < -0.4 is 4.74 Å². The molecule has 16 heavy (non-hydrogen) atoms. The van der Waals surface area contributed by atoms with Gasteiger partial charge in [-0.05, 0) is 13.8 Å². The molecule has 0 unspecified atom stereocenters. The highest BCUT2D eigenvalue weighted by Gasteiger charge is 2.36. The first-order chi connectivity index (χ1) is 7.32. The Kier molecular flexibility index (Phi) is 2.27. The Morgan fingerprint density at radius 1 is 1.38 bits per heavy atom. The fourth-order valence-electron chi connectivity index (χ4n) is 1.76. The van der Waals surface area contributed by atoms with E-state index < -0.39 is 5.60 Å². The highest BCUT2D eigenvalue weighted by Crippen LogP contribution is 2.46. The van der Waals surface area contributed by atoms with Crippen molar-refractivity contribution in [3.05, 3.63) is 16.7 Å². The number of hydrogen-bond acceptors (Lipinski definition) is 4. The SMILES string of the molecule is CC1(C)CC(=O)c2c(O)cc(O)c(Cl)c2O1. The molecule has 1 heterocycles. The molecule has 0 aliphatic carbocycles. The van der Waals surface area contributed by atoms with Crippen LogP contribution in [0.1, 0.15) is 30.6 Å². The summed E-state index contributed by atoms with van der Waals surface area (Å²) in [7, 11) is 0. The van der Waals surface area contributed by atoms with Gasteiger partial charge in [0.1, 0.15) is 27.7 Å². The van der Waals surface area contributed by atoms with Crippen molar-refractivity contribution in [2.24, 2.45) is 0 Å². The Morgan fingerprint density at radius 3 is 2.62 bits per heavy atom. The van der Waals surface area contributed by atoms with Crippen LogP contribution in [-0.4, -0.2) is 21.6 Å². The highest BCUT2D eigenvalue weighted by atomic mass is 35.5. The summed E-state index contributed by atoms with van der Waals surface area (Å²) in [5.41, 5.74) is -0.643. The van der Waals surface area contributed by atoms with Crippen LogP contribution in [0.3, 0.4) is 0 Å². The van der Waals surface area contributed by atoms with E-state index in [1.165, 1.54) is 0 Å². The predicted molar refractivity (Wildman–Crippen MR) is 58.4 cm³/mol. The molecule has 4 nitrogen and oxygen atoms in total. The lowest BCUT2D eigenvalue weighted by molar-refractivity contribution is 0.0614. The fraction of sp³-hybridized carbons (Fsp3) is 0.364. The molecule has 86 valence electrons. The average molecular weight is 243 g/mol. The summed E-state index contributed by atoms with van der Waals surface area (Å²) in [6, 6.07) is 1.04. The Balaban J connectivity index is 2.70. The van der Waals surface area contributed by atoms with E-state index in [-0.39, 0.29) is 40.0 Å². The number of phenolic OH excluding ortho intramolecular Hbond substituents is 2. The summed E-state index contributed by atoms with van der Waals surface area (Å²) >= 11 is 5.84. The molecular formula is C11H11ClO4. The van der Waals surface area contributed by atoms with Crippen LogP contribution in [0.4, 0.5) is 0 Å². The van der Waals surface area contributed by atoms with E-state index in [1.54, 1.807) is 13.8 Å². The predicted octanol–water partition coefficient (Wildman–Crippen LogP) is 2.50. The summed E-state index contributed by atoms with van der Waals surface area (Å²) in [5.74, 6) is -0.799. The molecule has 0 aromatic heterocycles. The maximum absolute atomic E-state index is 11.8. The number of aromatic hydroxyl groups is 2. The molecule has 5 heteroatoms.